The van der Waals surface area contributed by atoms with Gasteiger partial charge >= 0.3 is 5.97 Å². The third-order valence-electron chi connectivity index (χ3n) is 2.48. The fourth-order valence-electron chi connectivity index (χ4n) is 1.67. The Hall–Kier alpha value is -2.37. The van der Waals surface area contributed by atoms with Gasteiger partial charge in [0.15, 0.2) is 11.6 Å². The molecule has 0 saturated heterocycles. The Labute approximate surface area is 102 Å². The molecule has 0 bridgehead atoms. The fraction of sp³-hybridized carbons (Fsp3) is 0.167. The highest BCUT2D eigenvalue weighted by atomic mass is 19.1. The summed E-state index contributed by atoms with van der Waals surface area (Å²) in [6.07, 6.45) is 1.37. The van der Waals surface area contributed by atoms with Crippen LogP contribution >= 0.6 is 0 Å². The number of benzene rings is 1. The highest BCUT2D eigenvalue weighted by Gasteiger charge is 2.17. The third kappa shape index (κ3) is 2.04. The summed E-state index contributed by atoms with van der Waals surface area (Å²) in [4.78, 5) is 11.0. The van der Waals surface area contributed by atoms with Gasteiger partial charge in [0.2, 0.25) is 0 Å². The van der Waals surface area contributed by atoms with Gasteiger partial charge in [0.05, 0.1) is 7.11 Å². The molecule has 1 N–H and O–H groups in total. The number of carboxylic acids is 1. The van der Waals surface area contributed by atoms with Gasteiger partial charge in [0.25, 0.3) is 0 Å². The number of nitrogens with zero attached hydrogens (tertiary/aromatic N) is 2. The molecule has 0 amide bonds. The number of carboxylic acid groups (broad SMARTS) is 1. The van der Waals surface area contributed by atoms with Crippen molar-refractivity contribution in [2.45, 2.75) is 0 Å². The van der Waals surface area contributed by atoms with Crippen molar-refractivity contribution in [3.8, 4) is 17.0 Å². The van der Waals surface area contributed by atoms with Gasteiger partial charge < -0.3 is 9.84 Å². The summed E-state index contributed by atoms with van der Waals surface area (Å²) < 4.78 is 19.7. The molecular weight excluding hydrogens is 239 g/mol. The van der Waals surface area contributed by atoms with Gasteiger partial charge in [0, 0.05) is 18.8 Å². The molecule has 0 aliphatic rings. The lowest BCUT2D eigenvalue weighted by molar-refractivity contribution is 0.0697. The molecule has 0 aliphatic heterocycles. The number of hydrogen-bond donors (Lipinski definition) is 1. The van der Waals surface area contributed by atoms with Crippen LogP contribution in [0.15, 0.2) is 24.4 Å². The van der Waals surface area contributed by atoms with E-state index in [9.17, 15) is 9.18 Å². The molecule has 6 heteroatoms. The summed E-state index contributed by atoms with van der Waals surface area (Å²) in [5.41, 5.74) is 0.653. The van der Waals surface area contributed by atoms with E-state index in [4.69, 9.17) is 9.84 Å². The van der Waals surface area contributed by atoms with Gasteiger partial charge in [-0.3, -0.25) is 4.68 Å². The molecule has 1 heterocycles. The molecular formula is C12H11FN2O3. The van der Waals surface area contributed by atoms with Crippen molar-refractivity contribution >= 4 is 5.97 Å². The zero-order chi connectivity index (χ0) is 13.3. The molecule has 2 aromatic rings. The quantitative estimate of drug-likeness (QED) is 0.904. The monoisotopic (exact) mass is 250 g/mol. The molecule has 1 aromatic carbocycles. The lowest BCUT2D eigenvalue weighted by Crippen LogP contribution is -1.97. The third-order valence-corrected chi connectivity index (χ3v) is 2.48. The van der Waals surface area contributed by atoms with Gasteiger partial charge in [-0.25, -0.2) is 9.18 Å². The van der Waals surface area contributed by atoms with E-state index in [1.165, 1.54) is 30.1 Å². The maximum Gasteiger partial charge on any atom is 0.339 e. The van der Waals surface area contributed by atoms with Crippen LogP contribution < -0.4 is 4.74 Å². The Morgan fingerprint density at radius 3 is 2.78 bits per heavy atom. The Bertz CT molecular complexity index is 607. The molecule has 0 saturated carbocycles. The number of ether oxygens (including phenoxy) is 1. The van der Waals surface area contributed by atoms with Crippen LogP contribution in [0, 0.1) is 5.82 Å². The number of methoxy groups -OCH3 is 1. The zero-order valence-electron chi connectivity index (χ0n) is 9.85. The number of hydrogen-bond acceptors (Lipinski definition) is 3. The minimum atomic E-state index is -1.10. The first kappa shape index (κ1) is 12.1. The predicted octanol–water partition coefficient (Wildman–Crippen LogP) is 1.93. The highest BCUT2D eigenvalue weighted by molar-refractivity contribution is 5.94. The molecule has 0 unspecified atom stereocenters. The average molecular weight is 250 g/mol. The summed E-state index contributed by atoms with van der Waals surface area (Å²) in [7, 11) is 2.97. The minimum Gasteiger partial charge on any atom is -0.494 e. The Morgan fingerprint density at radius 1 is 1.50 bits per heavy atom. The predicted molar refractivity (Wildman–Crippen MR) is 62.1 cm³/mol. The summed E-state index contributed by atoms with van der Waals surface area (Å²) in [5, 5.41) is 13.1. The molecule has 1 aromatic heterocycles. The Balaban J connectivity index is 2.55. The van der Waals surface area contributed by atoms with Gasteiger partial charge in [-0.1, -0.05) is 0 Å². The lowest BCUT2D eigenvalue weighted by atomic mass is 10.1. The van der Waals surface area contributed by atoms with E-state index >= 15 is 0 Å². The number of aromatic nitrogens is 2. The maximum atomic E-state index is 13.6. The van der Waals surface area contributed by atoms with Crippen molar-refractivity contribution < 1.29 is 19.0 Å². The normalized spacial score (nSPS) is 10.4. The van der Waals surface area contributed by atoms with Crippen LogP contribution in [0.1, 0.15) is 10.4 Å². The van der Waals surface area contributed by atoms with Crippen molar-refractivity contribution in [1.82, 2.24) is 9.78 Å². The van der Waals surface area contributed by atoms with Gasteiger partial charge in [0.1, 0.15) is 11.3 Å². The number of halogens is 1. The van der Waals surface area contributed by atoms with Crippen molar-refractivity contribution in [2.75, 3.05) is 7.11 Å². The molecule has 18 heavy (non-hydrogen) atoms. The standard InChI is InChI=1S/C12H11FN2O3/c1-15-6-8(12(16)17)11(14-15)7-3-4-10(18-2)9(13)5-7/h3-6H,1-2H3,(H,16,17). The topological polar surface area (TPSA) is 64.4 Å². The molecule has 2 rings (SSSR count). The molecule has 0 atom stereocenters. The fourth-order valence-corrected chi connectivity index (χ4v) is 1.67. The number of aryl methyl sites for hydroxylation is 1. The summed E-state index contributed by atoms with van der Waals surface area (Å²) in [6.45, 7) is 0. The second-order valence-corrected chi connectivity index (χ2v) is 3.72. The first-order chi connectivity index (χ1) is 8.52. The van der Waals surface area contributed by atoms with Crippen LogP contribution in [0.5, 0.6) is 5.75 Å². The van der Waals surface area contributed by atoms with Crippen molar-refractivity contribution in [2.24, 2.45) is 7.05 Å². The zero-order valence-corrected chi connectivity index (χ0v) is 9.85. The van der Waals surface area contributed by atoms with E-state index in [0.29, 0.717) is 5.56 Å². The Kier molecular flexibility index (Phi) is 3.01. The lowest BCUT2D eigenvalue weighted by Gasteiger charge is -2.04. The second-order valence-electron chi connectivity index (χ2n) is 3.72. The van der Waals surface area contributed by atoms with Crippen LogP contribution in [0.3, 0.4) is 0 Å². The molecule has 0 aliphatic carbocycles. The number of carbonyl (C=O) groups is 1. The van der Waals surface area contributed by atoms with E-state index < -0.39 is 11.8 Å². The van der Waals surface area contributed by atoms with Crippen LogP contribution in [0.4, 0.5) is 4.39 Å². The van der Waals surface area contributed by atoms with Gasteiger partial charge in [-0.2, -0.15) is 5.10 Å². The van der Waals surface area contributed by atoms with Crippen molar-refractivity contribution in [3.63, 3.8) is 0 Å². The summed E-state index contributed by atoms with van der Waals surface area (Å²) in [6, 6.07) is 4.20. The number of aromatic carboxylic acids is 1. The molecule has 0 spiro atoms. The Morgan fingerprint density at radius 2 is 2.22 bits per heavy atom. The van der Waals surface area contributed by atoms with Gasteiger partial charge in [-0.15, -0.1) is 0 Å². The highest BCUT2D eigenvalue weighted by Crippen LogP contribution is 2.26. The minimum absolute atomic E-state index is 0.0297. The molecule has 5 nitrogen and oxygen atoms in total. The largest absolute Gasteiger partial charge is 0.494 e. The van der Waals surface area contributed by atoms with E-state index in [1.54, 1.807) is 13.1 Å². The van der Waals surface area contributed by atoms with Gasteiger partial charge in [-0.05, 0) is 18.2 Å². The van der Waals surface area contributed by atoms with Crippen molar-refractivity contribution in [3.05, 3.63) is 35.8 Å². The molecule has 0 radical (unpaired) electrons. The van der Waals surface area contributed by atoms with Crippen LogP contribution in [-0.2, 0) is 7.05 Å². The van der Waals surface area contributed by atoms with Crippen molar-refractivity contribution in [1.29, 1.82) is 0 Å². The van der Waals surface area contributed by atoms with E-state index in [1.807, 2.05) is 0 Å². The first-order valence-electron chi connectivity index (χ1n) is 5.13. The molecule has 94 valence electrons. The maximum absolute atomic E-state index is 13.6. The molecule has 0 fully saturated rings. The SMILES string of the molecule is COc1ccc(-c2nn(C)cc2C(=O)O)cc1F. The van der Waals surface area contributed by atoms with E-state index in [0.717, 1.165) is 0 Å². The summed E-state index contributed by atoms with van der Waals surface area (Å²) >= 11 is 0. The van der Waals surface area contributed by atoms with Crippen LogP contribution in [-0.4, -0.2) is 28.0 Å². The number of rotatable bonds is 3. The smallest absolute Gasteiger partial charge is 0.339 e. The van der Waals surface area contributed by atoms with Crippen LogP contribution in [0.25, 0.3) is 11.3 Å². The first-order valence-corrected chi connectivity index (χ1v) is 5.13. The second kappa shape index (κ2) is 4.48. The van der Waals surface area contributed by atoms with E-state index in [2.05, 4.69) is 5.10 Å². The summed E-state index contributed by atoms with van der Waals surface area (Å²) in [5.74, 6) is -1.56. The average Bonchev–Trinajstić information content (AvgIpc) is 2.71. The van der Waals surface area contributed by atoms with E-state index in [-0.39, 0.29) is 17.0 Å². The van der Waals surface area contributed by atoms with Crippen LogP contribution in [0.2, 0.25) is 0 Å².